The summed E-state index contributed by atoms with van der Waals surface area (Å²) in [5.74, 6) is 0.254. The maximum atomic E-state index is 12.5. The topological polar surface area (TPSA) is 83.6 Å². The highest BCUT2D eigenvalue weighted by Gasteiger charge is 2.30. The van der Waals surface area contributed by atoms with Gasteiger partial charge in [0.1, 0.15) is 18.1 Å². The molecule has 154 valence electrons. The molecule has 0 saturated carbocycles. The number of alkyl halides is 3. The number of halogens is 3. The minimum Gasteiger partial charge on any atom is -0.482 e. The average molecular weight is 408 g/mol. The summed E-state index contributed by atoms with van der Waals surface area (Å²) < 4.78 is 42.8. The van der Waals surface area contributed by atoms with Crippen LogP contribution in [0.2, 0.25) is 0 Å². The molecule has 0 radical (unpaired) electrons. The molecule has 1 aromatic carbocycles. The zero-order valence-corrected chi connectivity index (χ0v) is 15.3. The number of nitrogens with one attached hydrogen (secondary N) is 2. The van der Waals surface area contributed by atoms with Crippen LogP contribution in [-0.2, 0) is 15.8 Å². The molecule has 0 saturated heterocycles. The highest BCUT2D eigenvalue weighted by Crippen LogP contribution is 2.31. The summed E-state index contributed by atoms with van der Waals surface area (Å²) in [6.07, 6.45) is -3.12. The lowest BCUT2D eigenvalue weighted by Gasteiger charge is -2.28. The number of pyridine rings is 1. The van der Waals surface area contributed by atoms with Crippen LogP contribution in [-0.4, -0.2) is 43.0 Å². The van der Waals surface area contributed by atoms with Crippen LogP contribution in [0, 0.1) is 0 Å². The molecule has 2 amide bonds. The Morgan fingerprint density at radius 2 is 1.97 bits per heavy atom. The van der Waals surface area contributed by atoms with Gasteiger partial charge in [0.15, 0.2) is 6.61 Å². The SMILES string of the molecule is O=C(CN1C(=O)COc2ccccc21)NCCCNc1ccc(C(F)(F)F)cn1. The van der Waals surface area contributed by atoms with E-state index in [0.29, 0.717) is 36.8 Å². The number of para-hydroxylation sites is 2. The van der Waals surface area contributed by atoms with Crippen LogP contribution < -0.4 is 20.3 Å². The Kier molecular flexibility index (Phi) is 6.20. The fourth-order valence-electron chi connectivity index (χ4n) is 2.73. The molecule has 3 rings (SSSR count). The first-order valence-electron chi connectivity index (χ1n) is 8.90. The number of carbonyl (C=O) groups is 2. The molecule has 2 N–H and O–H groups in total. The van der Waals surface area contributed by atoms with E-state index in [-0.39, 0.29) is 25.0 Å². The molecule has 2 aromatic rings. The van der Waals surface area contributed by atoms with Crippen molar-refractivity contribution in [2.75, 3.05) is 36.5 Å². The molecule has 1 aliphatic heterocycles. The molecule has 2 heterocycles. The maximum Gasteiger partial charge on any atom is 0.417 e. The minimum atomic E-state index is -4.42. The number of rotatable bonds is 7. The van der Waals surface area contributed by atoms with Gasteiger partial charge < -0.3 is 15.4 Å². The van der Waals surface area contributed by atoms with Crippen molar-refractivity contribution in [3.63, 3.8) is 0 Å². The van der Waals surface area contributed by atoms with Crippen molar-refractivity contribution < 1.29 is 27.5 Å². The third-order valence-corrected chi connectivity index (χ3v) is 4.18. The predicted molar refractivity (Wildman–Crippen MR) is 99.6 cm³/mol. The normalized spacial score (nSPS) is 13.5. The van der Waals surface area contributed by atoms with E-state index in [1.807, 2.05) is 0 Å². The smallest absolute Gasteiger partial charge is 0.417 e. The summed E-state index contributed by atoms with van der Waals surface area (Å²) >= 11 is 0. The molecule has 1 aliphatic rings. The van der Waals surface area contributed by atoms with Crippen molar-refractivity contribution in [2.24, 2.45) is 0 Å². The van der Waals surface area contributed by atoms with E-state index in [4.69, 9.17) is 4.74 Å². The van der Waals surface area contributed by atoms with Gasteiger partial charge in [-0.25, -0.2) is 4.98 Å². The third kappa shape index (κ3) is 5.37. The first-order chi connectivity index (χ1) is 13.8. The van der Waals surface area contributed by atoms with Gasteiger partial charge in [-0.15, -0.1) is 0 Å². The van der Waals surface area contributed by atoms with E-state index in [0.717, 1.165) is 12.3 Å². The van der Waals surface area contributed by atoms with Crippen molar-refractivity contribution in [3.05, 3.63) is 48.2 Å². The van der Waals surface area contributed by atoms with Crippen LogP contribution in [0.15, 0.2) is 42.6 Å². The van der Waals surface area contributed by atoms with Gasteiger partial charge in [-0.1, -0.05) is 12.1 Å². The number of fused-ring (bicyclic) bond motifs is 1. The molecule has 1 aromatic heterocycles. The number of hydrogen-bond acceptors (Lipinski definition) is 5. The Hall–Kier alpha value is -3.30. The highest BCUT2D eigenvalue weighted by molar-refractivity contribution is 6.02. The number of benzene rings is 1. The summed E-state index contributed by atoms with van der Waals surface area (Å²) in [6, 6.07) is 9.18. The van der Waals surface area contributed by atoms with Crippen LogP contribution in [0.3, 0.4) is 0 Å². The van der Waals surface area contributed by atoms with Gasteiger partial charge in [0, 0.05) is 19.3 Å². The number of anilines is 2. The quantitative estimate of drug-likeness (QED) is 0.688. The molecule has 29 heavy (non-hydrogen) atoms. The summed E-state index contributed by atoms with van der Waals surface area (Å²) in [4.78, 5) is 29.3. The molecule has 0 atom stereocenters. The molecule has 0 spiro atoms. The third-order valence-electron chi connectivity index (χ3n) is 4.18. The molecule has 0 aliphatic carbocycles. The molecular weight excluding hydrogens is 389 g/mol. The summed E-state index contributed by atoms with van der Waals surface area (Å²) in [5.41, 5.74) is -0.261. The lowest BCUT2D eigenvalue weighted by molar-refractivity contribution is -0.137. The van der Waals surface area contributed by atoms with Gasteiger partial charge >= 0.3 is 6.18 Å². The summed E-state index contributed by atoms with van der Waals surface area (Å²) in [7, 11) is 0. The van der Waals surface area contributed by atoms with Gasteiger partial charge in [0.05, 0.1) is 11.3 Å². The first kappa shape index (κ1) is 20.4. The van der Waals surface area contributed by atoms with Gasteiger partial charge in [-0.05, 0) is 30.7 Å². The number of nitrogens with zero attached hydrogens (tertiary/aromatic N) is 2. The second-order valence-corrected chi connectivity index (χ2v) is 6.30. The van der Waals surface area contributed by atoms with Crippen LogP contribution in [0.4, 0.5) is 24.7 Å². The van der Waals surface area contributed by atoms with Crippen molar-refractivity contribution in [3.8, 4) is 5.75 Å². The fraction of sp³-hybridized carbons (Fsp3) is 0.316. The van der Waals surface area contributed by atoms with Gasteiger partial charge in [-0.2, -0.15) is 13.2 Å². The molecule has 7 nitrogen and oxygen atoms in total. The molecule has 0 bridgehead atoms. The van der Waals surface area contributed by atoms with E-state index < -0.39 is 11.7 Å². The van der Waals surface area contributed by atoms with Gasteiger partial charge in [0.2, 0.25) is 5.91 Å². The minimum absolute atomic E-state index is 0.117. The molecule has 0 fully saturated rings. The number of carbonyl (C=O) groups excluding carboxylic acids is 2. The highest BCUT2D eigenvalue weighted by atomic mass is 19.4. The standard InChI is InChI=1S/C19H19F3N4O3/c20-19(21,22)13-6-7-16(25-10-13)23-8-3-9-24-17(27)11-26-14-4-1-2-5-15(14)29-12-18(26)28/h1-2,4-7,10H,3,8-9,11-12H2,(H,23,25)(H,24,27). The second-order valence-electron chi connectivity index (χ2n) is 6.30. The molecular formula is C19H19F3N4O3. The van der Waals surface area contributed by atoms with E-state index in [1.165, 1.54) is 11.0 Å². The monoisotopic (exact) mass is 408 g/mol. The van der Waals surface area contributed by atoms with E-state index in [1.54, 1.807) is 24.3 Å². The Morgan fingerprint density at radius 1 is 1.17 bits per heavy atom. The Morgan fingerprint density at radius 3 is 2.69 bits per heavy atom. The molecule has 10 heteroatoms. The van der Waals surface area contributed by atoms with Gasteiger partial charge in [-0.3, -0.25) is 14.5 Å². The number of hydrogen-bond donors (Lipinski definition) is 2. The Bertz CT molecular complexity index is 872. The number of ether oxygens (including phenoxy) is 1. The zero-order chi connectivity index (χ0) is 20.9. The van der Waals surface area contributed by atoms with Crippen molar-refractivity contribution in [1.29, 1.82) is 0 Å². The Labute approximate surface area is 164 Å². The van der Waals surface area contributed by atoms with Crippen LogP contribution >= 0.6 is 0 Å². The first-order valence-corrected chi connectivity index (χ1v) is 8.90. The van der Waals surface area contributed by atoms with Crippen molar-refractivity contribution in [1.82, 2.24) is 10.3 Å². The van der Waals surface area contributed by atoms with E-state index in [9.17, 15) is 22.8 Å². The second kappa shape index (κ2) is 8.80. The van der Waals surface area contributed by atoms with Gasteiger partial charge in [0.25, 0.3) is 5.91 Å². The van der Waals surface area contributed by atoms with Crippen molar-refractivity contribution in [2.45, 2.75) is 12.6 Å². The largest absolute Gasteiger partial charge is 0.482 e. The number of aromatic nitrogens is 1. The van der Waals surface area contributed by atoms with Crippen LogP contribution in [0.25, 0.3) is 0 Å². The maximum absolute atomic E-state index is 12.5. The van der Waals surface area contributed by atoms with Crippen LogP contribution in [0.1, 0.15) is 12.0 Å². The molecule has 0 unspecified atom stereocenters. The number of amides is 2. The summed E-state index contributed by atoms with van der Waals surface area (Å²) in [6.45, 7) is 0.520. The average Bonchev–Trinajstić information content (AvgIpc) is 2.69. The Balaban J connectivity index is 1.40. The lowest BCUT2D eigenvalue weighted by Crippen LogP contribution is -2.45. The van der Waals surface area contributed by atoms with Crippen LogP contribution in [0.5, 0.6) is 5.75 Å². The van der Waals surface area contributed by atoms with Crippen molar-refractivity contribution >= 4 is 23.3 Å². The fourth-order valence-corrected chi connectivity index (χ4v) is 2.73. The van der Waals surface area contributed by atoms with E-state index in [2.05, 4.69) is 15.6 Å². The zero-order valence-electron chi connectivity index (χ0n) is 15.3. The lowest BCUT2D eigenvalue weighted by atomic mass is 10.2. The summed E-state index contributed by atoms with van der Waals surface area (Å²) in [5, 5.41) is 5.60. The predicted octanol–water partition coefficient (Wildman–Crippen LogP) is 2.44. The van der Waals surface area contributed by atoms with E-state index >= 15 is 0 Å².